The zero-order valence-electron chi connectivity index (χ0n) is 38.3. The van der Waals surface area contributed by atoms with E-state index < -0.39 is 28.4 Å². The van der Waals surface area contributed by atoms with Crippen LogP contribution in [0.25, 0.3) is 0 Å². The molecule has 1 aliphatic rings. The highest BCUT2D eigenvalue weighted by Gasteiger charge is 2.85. The van der Waals surface area contributed by atoms with Crippen molar-refractivity contribution in [2.45, 2.75) is 309 Å². The fourth-order valence-corrected chi connectivity index (χ4v) is 165. The minimum absolute atomic E-state index is 1.38. The Balaban J connectivity index is 4.24. The van der Waals surface area contributed by atoms with Crippen molar-refractivity contribution >= 4 is 28.4 Å². The van der Waals surface area contributed by atoms with Crippen LogP contribution in [0.1, 0.15) is 261 Å². The van der Waals surface area contributed by atoms with E-state index in [-0.39, 0.29) is 0 Å². The van der Waals surface area contributed by atoms with E-state index in [0.29, 0.717) is 0 Å². The Morgan fingerprint density at radius 2 is 0.269 bits per heavy atom. The van der Waals surface area contributed by atoms with Crippen LogP contribution in [0.2, 0.25) is 48.4 Å². The molecule has 1 fully saturated rings. The highest BCUT2D eigenvalue weighted by atomic mass is 30.2. The van der Waals surface area contributed by atoms with E-state index in [9.17, 15) is 0 Å². The summed E-state index contributed by atoms with van der Waals surface area (Å²) in [7, 11) is -5.50. The van der Waals surface area contributed by atoms with Crippen molar-refractivity contribution < 1.29 is 0 Å². The number of rotatable bonds is 40. The summed E-state index contributed by atoms with van der Waals surface area (Å²) in [6.45, 7) is 19.8. The Kier molecular flexibility index (Phi) is 31.2. The van der Waals surface area contributed by atoms with Crippen LogP contribution >= 0.6 is 0 Å². The Labute approximate surface area is 336 Å². The molecule has 0 nitrogen and oxygen atoms in total. The molecule has 0 N–H and O–H groups in total. The minimum atomic E-state index is -1.38. The maximum absolute atomic E-state index is 2.48. The number of hydrogen-bond acceptors (Lipinski definition) is 0. The summed E-state index contributed by atoms with van der Waals surface area (Å²) in [5.41, 5.74) is 0. The van der Waals surface area contributed by atoms with Crippen molar-refractivity contribution in [2.24, 2.45) is 0 Å². The molecule has 0 atom stereocenters. The zero-order valence-corrected chi connectivity index (χ0v) is 42.3. The minimum Gasteiger partial charge on any atom is -0.0654 e. The maximum atomic E-state index is 2.48. The van der Waals surface area contributed by atoms with Gasteiger partial charge >= 0.3 is 0 Å². The van der Waals surface area contributed by atoms with Gasteiger partial charge in [-0.1, -0.05) is 309 Å². The Morgan fingerprint density at radius 3 is 0.365 bits per heavy atom. The van der Waals surface area contributed by atoms with Crippen molar-refractivity contribution in [3.8, 4) is 0 Å². The van der Waals surface area contributed by atoms with Gasteiger partial charge in [0.2, 0.25) is 0 Å². The van der Waals surface area contributed by atoms with E-state index in [0.717, 1.165) is 0 Å². The van der Waals surface area contributed by atoms with Crippen LogP contribution in [0.3, 0.4) is 0 Å². The first-order valence-corrected chi connectivity index (χ1v) is 39.1. The van der Waals surface area contributed by atoms with Gasteiger partial charge in [0.05, 0.1) is 0 Å². The summed E-state index contributed by atoms with van der Waals surface area (Å²) < 4.78 is 0. The van der Waals surface area contributed by atoms with Gasteiger partial charge in [-0.25, -0.2) is 0 Å². The molecule has 0 saturated carbocycles. The van der Waals surface area contributed by atoms with Gasteiger partial charge in [-0.15, -0.1) is 0 Å². The lowest BCUT2D eigenvalue weighted by Crippen LogP contribution is -3.06. The van der Waals surface area contributed by atoms with Gasteiger partial charge in [-0.2, -0.15) is 0 Å². The third kappa shape index (κ3) is 14.7. The molecule has 0 aromatic heterocycles. The summed E-state index contributed by atoms with van der Waals surface area (Å²) in [6, 6.07) is 15.0. The molecule has 0 bridgehead atoms. The molecule has 1 rings (SSSR count). The molecular formula is C48H104Si4. The Hall–Kier alpha value is 0.868. The maximum Gasteiger partial charge on any atom is 0.0378 e. The highest BCUT2D eigenvalue weighted by Crippen LogP contribution is 2.67. The molecule has 0 aliphatic carbocycles. The van der Waals surface area contributed by atoms with Crippen molar-refractivity contribution in [2.75, 3.05) is 0 Å². The molecular weight excluding hydrogens is 689 g/mol. The standard InChI is InChI=1S/C48H104Si4/c1-9-17-25-33-41-49(42-34-26-18-10-2)50(43-35-27-19-11-3,44-36-28-20-12-4)52(47-39-31-23-15-7,48-40-32-24-16-8)51(49,45-37-29-21-13-5)46-38-30-22-14-6/h9-48H2,1-8H3. The summed E-state index contributed by atoms with van der Waals surface area (Å²) in [5.74, 6) is 0. The normalized spacial score (nSPS) is 17.1. The predicted octanol–water partition coefficient (Wildman–Crippen LogP) is 18.8. The Morgan fingerprint density at radius 1 is 0.154 bits per heavy atom. The predicted molar refractivity (Wildman–Crippen MR) is 255 cm³/mol. The molecule has 0 radical (unpaired) electrons. The van der Waals surface area contributed by atoms with Crippen LogP contribution in [0, 0.1) is 0 Å². The van der Waals surface area contributed by atoms with Gasteiger partial charge in [0.25, 0.3) is 0 Å². The van der Waals surface area contributed by atoms with Crippen LogP contribution in [0.5, 0.6) is 0 Å². The van der Waals surface area contributed by atoms with Crippen molar-refractivity contribution in [3.63, 3.8) is 0 Å². The molecule has 1 heterocycles. The second kappa shape index (κ2) is 31.9. The van der Waals surface area contributed by atoms with Crippen LogP contribution in [-0.4, -0.2) is 28.4 Å². The van der Waals surface area contributed by atoms with Gasteiger partial charge < -0.3 is 0 Å². The number of hydrogen-bond donors (Lipinski definition) is 0. The molecule has 0 aromatic carbocycles. The van der Waals surface area contributed by atoms with Gasteiger partial charge in [-0.05, 0) is 0 Å². The first-order chi connectivity index (χ1) is 25.5. The molecule has 312 valence electrons. The van der Waals surface area contributed by atoms with Crippen LogP contribution in [0.15, 0.2) is 0 Å². The molecule has 1 saturated heterocycles. The van der Waals surface area contributed by atoms with Crippen molar-refractivity contribution in [3.05, 3.63) is 0 Å². The largest absolute Gasteiger partial charge is 0.0654 e. The summed E-state index contributed by atoms with van der Waals surface area (Å²) in [5, 5.41) is 0. The quantitative estimate of drug-likeness (QED) is 0.0428. The van der Waals surface area contributed by atoms with Crippen molar-refractivity contribution in [1.29, 1.82) is 0 Å². The molecule has 0 spiro atoms. The summed E-state index contributed by atoms with van der Waals surface area (Å²) in [4.78, 5) is 0. The first kappa shape index (κ1) is 50.9. The third-order valence-electron chi connectivity index (χ3n) is 15.3. The van der Waals surface area contributed by atoms with Crippen LogP contribution in [-0.2, 0) is 0 Å². The van der Waals surface area contributed by atoms with Gasteiger partial charge in [0.15, 0.2) is 0 Å². The van der Waals surface area contributed by atoms with Crippen LogP contribution in [0.4, 0.5) is 0 Å². The first-order valence-electron chi connectivity index (χ1n) is 25.5. The lowest BCUT2D eigenvalue weighted by atomic mass is 10.2. The lowest BCUT2D eigenvalue weighted by molar-refractivity contribution is 0.666. The van der Waals surface area contributed by atoms with E-state index in [1.165, 1.54) is 103 Å². The Bertz CT molecular complexity index is 588. The fraction of sp³-hybridized carbons (Fsp3) is 1.00. The second-order valence-electron chi connectivity index (χ2n) is 18.8. The van der Waals surface area contributed by atoms with Crippen LogP contribution < -0.4 is 0 Å². The van der Waals surface area contributed by atoms with E-state index in [1.807, 2.05) is 48.4 Å². The molecule has 0 unspecified atom stereocenters. The van der Waals surface area contributed by atoms with Gasteiger partial charge in [-0.3, -0.25) is 0 Å². The average molecular weight is 794 g/mol. The van der Waals surface area contributed by atoms with E-state index in [1.54, 1.807) is 103 Å². The number of unbranched alkanes of at least 4 members (excludes halogenated alkanes) is 24. The molecule has 0 aromatic rings. The molecule has 4 heteroatoms. The SMILES string of the molecule is CCCCCC[Si]1(CCCCCC)[Si](CCCCCC)(CCCCCC)[Si](CCCCCC)(CCCCCC)[Si]1(CCCCCC)CCCCCC. The summed E-state index contributed by atoms with van der Waals surface area (Å²) >= 11 is 0. The molecule has 1 aliphatic heterocycles. The van der Waals surface area contributed by atoms with E-state index >= 15 is 0 Å². The third-order valence-corrected chi connectivity index (χ3v) is 110. The average Bonchev–Trinajstić information content (AvgIpc) is 3.15. The van der Waals surface area contributed by atoms with Gasteiger partial charge in [0, 0.05) is 28.4 Å². The van der Waals surface area contributed by atoms with E-state index in [2.05, 4.69) is 55.4 Å². The lowest BCUT2D eigenvalue weighted by Gasteiger charge is -2.82. The topological polar surface area (TPSA) is 0 Å². The zero-order chi connectivity index (χ0) is 38.3. The molecule has 0 amide bonds. The summed E-state index contributed by atoms with van der Waals surface area (Å²) in [6.07, 6.45) is 49.5. The second-order valence-corrected chi connectivity index (χ2v) is 60.4. The van der Waals surface area contributed by atoms with E-state index in [4.69, 9.17) is 0 Å². The fourth-order valence-electron chi connectivity index (χ4n) is 12.9. The smallest absolute Gasteiger partial charge is 0.0378 e. The van der Waals surface area contributed by atoms with Crippen molar-refractivity contribution in [1.82, 2.24) is 0 Å². The highest BCUT2D eigenvalue weighted by molar-refractivity contribution is 8.14. The monoisotopic (exact) mass is 793 g/mol. The van der Waals surface area contributed by atoms with Gasteiger partial charge in [0.1, 0.15) is 0 Å². The molecule has 52 heavy (non-hydrogen) atoms.